The average Bonchev–Trinajstić information content (AvgIpc) is 0.826. The number of carboxylic acids is 4. The Morgan fingerprint density at radius 3 is 0.527 bits per heavy atom. The van der Waals surface area contributed by atoms with Crippen LogP contribution >= 0.6 is 47.0 Å². The SMILES string of the molecule is CC(C)(C)c1cc(SCCC(=O)O)c(O)c(C(C)(C)C)c1.CC(C)(C)c1cc(SCCC(=O)O)c(O)c(C(C)(C)C)c1.CC(C)(C)c1cc(SCCC(=O)O)c(O)c(C(C)(C)C)c1.CC(C)(C)c1cc(SCCC(=O)O)c(O)c(C(C)(C)C)c1.OCC(CO)(CO)CO. The number of rotatable bonds is 20. The average molecular weight is 1380 g/mol. The first-order valence-electron chi connectivity index (χ1n) is 31.3. The summed E-state index contributed by atoms with van der Waals surface area (Å²) in [5.74, 6) is -0.293. The Balaban J connectivity index is 0.00000116. The molecular weight excluding hydrogens is 1260 g/mol. The first-order valence-corrected chi connectivity index (χ1v) is 35.2. The third kappa shape index (κ3) is 30.9. The lowest BCUT2D eigenvalue weighted by molar-refractivity contribution is -0.137. The molecule has 0 aliphatic rings. The van der Waals surface area contributed by atoms with E-state index in [0.29, 0.717) is 23.0 Å². The molecule has 12 N–H and O–H groups in total. The Bertz CT molecular complexity index is 2650. The van der Waals surface area contributed by atoms with Crippen LogP contribution in [0, 0.1) is 5.41 Å². The fraction of sp³-hybridized carbons (Fsp3) is 0.616. The van der Waals surface area contributed by atoms with Crippen LogP contribution in [0.5, 0.6) is 23.0 Å². The Labute approximate surface area is 573 Å². The first kappa shape index (κ1) is 88.2. The Hall–Kier alpha value is -4.80. The number of carboxylic acid groups (broad SMARTS) is 4. The summed E-state index contributed by atoms with van der Waals surface area (Å²) in [6.07, 6.45) is 0.368. The highest BCUT2D eigenvalue weighted by Gasteiger charge is 2.30. The normalized spacial score (nSPS) is 12.4. The molecule has 0 atom stereocenters. The quantitative estimate of drug-likeness (QED) is 0.0366. The second-order valence-electron chi connectivity index (χ2n) is 31.6. The van der Waals surface area contributed by atoms with Crippen molar-refractivity contribution in [2.24, 2.45) is 5.41 Å². The number of aromatic hydroxyl groups is 4. The lowest BCUT2D eigenvalue weighted by atomic mass is 9.80. The van der Waals surface area contributed by atoms with Crippen LogP contribution < -0.4 is 0 Å². The molecule has 0 aliphatic heterocycles. The molecule has 4 aromatic rings. The molecule has 0 unspecified atom stereocenters. The van der Waals surface area contributed by atoms with Crippen LogP contribution in [0.3, 0.4) is 0 Å². The number of phenols is 4. The summed E-state index contributed by atoms with van der Waals surface area (Å²) in [6, 6.07) is 16.2. The van der Waals surface area contributed by atoms with E-state index in [1.54, 1.807) is 0 Å². The number of hydrogen-bond acceptors (Lipinski definition) is 16. The number of benzene rings is 4. The van der Waals surface area contributed by atoms with E-state index in [-0.39, 0.29) is 92.0 Å². The predicted molar refractivity (Wildman–Crippen MR) is 385 cm³/mol. The smallest absolute Gasteiger partial charge is 0.304 e. The molecule has 0 amide bonds. The van der Waals surface area contributed by atoms with Crippen molar-refractivity contribution in [3.05, 3.63) is 93.0 Å². The summed E-state index contributed by atoms with van der Waals surface area (Å²) >= 11 is 5.62. The molecule has 4 aromatic carbocycles. The summed E-state index contributed by atoms with van der Waals surface area (Å²) < 4.78 is 0. The van der Waals surface area contributed by atoms with Crippen molar-refractivity contribution in [3.8, 4) is 23.0 Å². The van der Waals surface area contributed by atoms with Crippen molar-refractivity contribution in [1.29, 1.82) is 0 Å². The molecule has 16 nitrogen and oxygen atoms in total. The van der Waals surface area contributed by atoms with Gasteiger partial charge in [-0.15, -0.1) is 47.0 Å². The van der Waals surface area contributed by atoms with Crippen LogP contribution in [-0.2, 0) is 62.5 Å². The van der Waals surface area contributed by atoms with Gasteiger partial charge in [0.05, 0.1) is 57.5 Å². The summed E-state index contributed by atoms with van der Waals surface area (Å²) in [5, 5.41) is 111. The van der Waals surface area contributed by atoms with Gasteiger partial charge in [-0.3, -0.25) is 19.2 Å². The van der Waals surface area contributed by atoms with Gasteiger partial charge in [0.25, 0.3) is 0 Å². The van der Waals surface area contributed by atoms with E-state index in [2.05, 4.69) is 190 Å². The molecule has 0 bridgehead atoms. The maximum absolute atomic E-state index is 10.7. The van der Waals surface area contributed by atoms with E-state index in [4.69, 9.17) is 40.9 Å². The van der Waals surface area contributed by atoms with E-state index < -0.39 is 55.7 Å². The van der Waals surface area contributed by atoms with Gasteiger partial charge in [-0.05, 0) is 89.8 Å². The van der Waals surface area contributed by atoms with Crippen LogP contribution in [0.2, 0.25) is 0 Å². The lowest BCUT2D eigenvalue weighted by Crippen LogP contribution is -2.37. The van der Waals surface area contributed by atoms with E-state index in [1.807, 2.05) is 24.3 Å². The van der Waals surface area contributed by atoms with Crippen molar-refractivity contribution in [2.45, 2.75) is 255 Å². The van der Waals surface area contributed by atoms with E-state index in [1.165, 1.54) is 47.0 Å². The number of aliphatic carboxylic acids is 4. The van der Waals surface area contributed by atoms with E-state index in [0.717, 1.165) is 64.1 Å². The topological polar surface area (TPSA) is 311 Å². The highest BCUT2D eigenvalue weighted by atomic mass is 32.2. The molecule has 0 radical (unpaired) electrons. The van der Waals surface area contributed by atoms with Crippen LogP contribution in [0.1, 0.15) is 236 Å². The molecule has 4 rings (SSSR count). The number of phenolic OH excluding ortho intramolecular Hbond substituents is 4. The molecule has 20 heteroatoms. The lowest BCUT2D eigenvalue weighted by Gasteiger charge is -2.27. The zero-order chi connectivity index (χ0) is 73.0. The van der Waals surface area contributed by atoms with Crippen molar-refractivity contribution in [1.82, 2.24) is 0 Å². The number of aliphatic hydroxyl groups is 4. The number of aliphatic hydroxyl groups excluding tert-OH is 4. The van der Waals surface area contributed by atoms with Crippen molar-refractivity contribution in [3.63, 3.8) is 0 Å². The second-order valence-corrected chi connectivity index (χ2v) is 36.1. The van der Waals surface area contributed by atoms with Gasteiger partial charge in [0, 0.05) is 64.8 Å². The summed E-state index contributed by atoms with van der Waals surface area (Å²) in [6.45, 7) is 48.8. The largest absolute Gasteiger partial charge is 0.506 e. The minimum atomic E-state index is -1.11. The van der Waals surface area contributed by atoms with Gasteiger partial charge in [-0.1, -0.05) is 190 Å². The first-order chi connectivity index (χ1) is 41.9. The minimum absolute atomic E-state index is 0.0180. The summed E-state index contributed by atoms with van der Waals surface area (Å²) in [5.41, 5.74) is 6.44. The van der Waals surface area contributed by atoms with Gasteiger partial charge in [0.1, 0.15) is 23.0 Å². The third-order valence-electron chi connectivity index (χ3n) is 14.6. The zero-order valence-corrected chi connectivity index (χ0v) is 63.5. The summed E-state index contributed by atoms with van der Waals surface area (Å²) in [4.78, 5) is 45.7. The van der Waals surface area contributed by atoms with Crippen LogP contribution in [0.15, 0.2) is 68.1 Å². The highest BCUT2D eigenvalue weighted by Crippen LogP contribution is 2.46. The number of hydrogen-bond donors (Lipinski definition) is 12. The highest BCUT2D eigenvalue weighted by molar-refractivity contribution is 8.00. The number of thioether (sulfide) groups is 4. The molecule has 0 saturated carbocycles. The Morgan fingerprint density at radius 1 is 0.280 bits per heavy atom. The monoisotopic (exact) mass is 1380 g/mol. The Kier molecular flexibility index (Phi) is 34.6. The van der Waals surface area contributed by atoms with Gasteiger partial charge in [-0.2, -0.15) is 0 Å². The minimum Gasteiger partial charge on any atom is -0.506 e. The number of carbonyl (C=O) groups is 4. The predicted octanol–water partition coefficient (Wildman–Crippen LogP) is 16.2. The van der Waals surface area contributed by atoms with Gasteiger partial charge >= 0.3 is 23.9 Å². The standard InChI is InChI=1S/4C17H26O3S.C5H12O4/c4*1-16(2,3)11-9-12(17(4,5)6)15(20)13(10-11)21-8-7-14(18)19;6-1-5(2-7,3-8)4-9/h4*9-10,20H,7-8H2,1-6H3,(H,18,19);6-9H,1-4H2. The van der Waals surface area contributed by atoms with Crippen LogP contribution in [0.4, 0.5) is 0 Å². The fourth-order valence-corrected chi connectivity index (χ4v) is 12.0. The van der Waals surface area contributed by atoms with Gasteiger partial charge in [0.15, 0.2) is 0 Å². The molecule has 0 fully saturated rings. The molecule has 0 aliphatic carbocycles. The molecule has 0 aromatic heterocycles. The van der Waals surface area contributed by atoms with Gasteiger partial charge in [0.2, 0.25) is 0 Å². The zero-order valence-electron chi connectivity index (χ0n) is 60.2. The van der Waals surface area contributed by atoms with Crippen molar-refractivity contribution < 1.29 is 80.5 Å². The molecular formula is C73H116O16S4. The van der Waals surface area contributed by atoms with Crippen LogP contribution in [-0.4, -0.2) is 135 Å². The molecule has 528 valence electrons. The van der Waals surface area contributed by atoms with Gasteiger partial charge in [-0.25, -0.2) is 0 Å². The third-order valence-corrected chi connectivity index (χ3v) is 18.8. The Morgan fingerprint density at radius 2 is 0.430 bits per heavy atom. The molecule has 0 spiro atoms. The van der Waals surface area contributed by atoms with Crippen molar-refractivity contribution >= 4 is 70.9 Å². The molecule has 0 saturated heterocycles. The maximum atomic E-state index is 10.7. The second kappa shape index (κ2) is 36.5. The summed E-state index contributed by atoms with van der Waals surface area (Å²) in [7, 11) is 0. The van der Waals surface area contributed by atoms with E-state index in [9.17, 15) is 39.6 Å². The van der Waals surface area contributed by atoms with Crippen molar-refractivity contribution in [2.75, 3.05) is 49.4 Å². The maximum Gasteiger partial charge on any atom is 0.304 e. The van der Waals surface area contributed by atoms with Crippen LogP contribution in [0.25, 0.3) is 0 Å². The molecule has 93 heavy (non-hydrogen) atoms. The van der Waals surface area contributed by atoms with E-state index >= 15 is 0 Å². The molecule has 0 heterocycles. The van der Waals surface area contributed by atoms with Gasteiger partial charge < -0.3 is 61.3 Å². The fourth-order valence-electron chi connectivity index (χ4n) is 8.18.